The maximum Gasteiger partial charge on any atom is 0.252 e. The van der Waals surface area contributed by atoms with Gasteiger partial charge in [-0.1, -0.05) is 41.4 Å². The van der Waals surface area contributed by atoms with Gasteiger partial charge in [0.15, 0.2) is 0 Å². The Morgan fingerprint density at radius 2 is 1.62 bits per heavy atom. The van der Waals surface area contributed by atoms with Crippen molar-refractivity contribution < 1.29 is 9.59 Å². The van der Waals surface area contributed by atoms with Crippen molar-refractivity contribution in [1.82, 2.24) is 15.6 Å². The highest BCUT2D eigenvalue weighted by Gasteiger charge is 2.11. The van der Waals surface area contributed by atoms with Gasteiger partial charge in [-0.25, -0.2) is 0 Å². The fraction of sp³-hybridized carbons (Fsp3) is 0.105. The van der Waals surface area contributed by atoms with Gasteiger partial charge in [0.05, 0.1) is 21.1 Å². The van der Waals surface area contributed by atoms with Crippen LogP contribution in [0.1, 0.15) is 20.7 Å². The summed E-state index contributed by atoms with van der Waals surface area (Å²) in [7, 11) is 0. The predicted octanol–water partition coefficient (Wildman–Crippen LogP) is 3.70. The van der Waals surface area contributed by atoms with Crippen molar-refractivity contribution in [3.63, 3.8) is 0 Å². The molecule has 2 N–H and O–H groups in total. The van der Waals surface area contributed by atoms with Crippen LogP contribution < -0.4 is 10.6 Å². The number of pyridine rings is 1. The van der Waals surface area contributed by atoms with Gasteiger partial charge in [0.1, 0.15) is 0 Å². The van der Waals surface area contributed by atoms with Crippen LogP contribution in [0.4, 0.5) is 0 Å². The molecule has 2 amide bonds. The summed E-state index contributed by atoms with van der Waals surface area (Å²) < 4.78 is 0. The van der Waals surface area contributed by atoms with E-state index in [1.807, 2.05) is 24.3 Å². The SMILES string of the molecule is O=C(NCCNC(=O)c1ccnc2ccccc12)c1ccc(Cl)c(Cl)c1. The Kier molecular flexibility index (Phi) is 5.71. The van der Waals surface area contributed by atoms with E-state index in [1.165, 1.54) is 6.07 Å². The van der Waals surface area contributed by atoms with Crippen LogP contribution in [0.3, 0.4) is 0 Å². The third-order valence-corrected chi connectivity index (χ3v) is 4.51. The number of carbonyl (C=O) groups excluding carboxylic acids is 2. The first kappa shape index (κ1) is 18.2. The summed E-state index contributed by atoms with van der Waals surface area (Å²) in [6, 6.07) is 13.8. The van der Waals surface area contributed by atoms with Crippen molar-refractivity contribution in [3.05, 3.63) is 75.9 Å². The molecule has 0 aliphatic carbocycles. The minimum Gasteiger partial charge on any atom is -0.350 e. The molecule has 1 aromatic heterocycles. The first-order valence-corrected chi connectivity index (χ1v) is 8.67. The third-order valence-electron chi connectivity index (χ3n) is 3.77. The Bertz CT molecular complexity index is 971. The summed E-state index contributed by atoms with van der Waals surface area (Å²) in [6.45, 7) is 0.580. The fourth-order valence-corrected chi connectivity index (χ4v) is 2.78. The molecule has 1 heterocycles. The Hall–Kier alpha value is -2.63. The van der Waals surface area contributed by atoms with E-state index in [2.05, 4.69) is 15.6 Å². The van der Waals surface area contributed by atoms with Gasteiger partial charge >= 0.3 is 0 Å². The maximum absolute atomic E-state index is 12.4. The average Bonchev–Trinajstić information content (AvgIpc) is 2.66. The highest BCUT2D eigenvalue weighted by molar-refractivity contribution is 6.42. The second-order valence-electron chi connectivity index (χ2n) is 5.52. The number of hydrogen-bond acceptors (Lipinski definition) is 3. The number of nitrogens with one attached hydrogen (secondary N) is 2. The lowest BCUT2D eigenvalue weighted by atomic mass is 10.1. The number of amides is 2. The molecule has 0 spiro atoms. The standard InChI is InChI=1S/C19H15Cl2N3O2/c20-15-6-5-12(11-16(15)21)18(25)23-9-10-24-19(26)14-7-8-22-17-4-2-1-3-13(14)17/h1-8,11H,9-10H2,(H,23,25)(H,24,26). The van der Waals surface area contributed by atoms with Crippen LogP contribution in [0.15, 0.2) is 54.7 Å². The lowest BCUT2D eigenvalue weighted by Crippen LogP contribution is -2.34. The lowest BCUT2D eigenvalue weighted by Gasteiger charge is -2.09. The van der Waals surface area contributed by atoms with E-state index in [0.29, 0.717) is 27.7 Å². The molecule has 0 fully saturated rings. The second kappa shape index (κ2) is 8.17. The average molecular weight is 388 g/mol. The quantitative estimate of drug-likeness (QED) is 0.655. The minimum atomic E-state index is -0.285. The lowest BCUT2D eigenvalue weighted by molar-refractivity contribution is 0.0928. The van der Waals surface area contributed by atoms with Crippen LogP contribution in [-0.4, -0.2) is 29.9 Å². The summed E-state index contributed by atoms with van der Waals surface area (Å²) in [5.41, 5.74) is 1.71. The van der Waals surface area contributed by atoms with Gasteiger partial charge in [-0.2, -0.15) is 0 Å². The smallest absolute Gasteiger partial charge is 0.252 e. The molecule has 0 saturated heterocycles. The van der Waals surface area contributed by atoms with E-state index in [4.69, 9.17) is 23.2 Å². The zero-order valence-corrected chi connectivity index (χ0v) is 15.1. The molecule has 2 aromatic carbocycles. The third kappa shape index (κ3) is 4.12. The van der Waals surface area contributed by atoms with Crippen molar-refractivity contribution in [2.24, 2.45) is 0 Å². The number of aromatic nitrogens is 1. The van der Waals surface area contributed by atoms with Crippen LogP contribution in [-0.2, 0) is 0 Å². The van der Waals surface area contributed by atoms with E-state index >= 15 is 0 Å². The largest absolute Gasteiger partial charge is 0.350 e. The van der Waals surface area contributed by atoms with Gasteiger partial charge in [0.2, 0.25) is 0 Å². The molecule has 132 valence electrons. The van der Waals surface area contributed by atoms with Gasteiger partial charge in [0.25, 0.3) is 11.8 Å². The minimum absolute atomic E-state index is 0.215. The van der Waals surface area contributed by atoms with E-state index in [0.717, 1.165) is 10.9 Å². The molecule has 0 aliphatic heterocycles. The molecule has 0 atom stereocenters. The first-order valence-electron chi connectivity index (χ1n) is 7.91. The van der Waals surface area contributed by atoms with Crippen LogP contribution in [0.25, 0.3) is 10.9 Å². The van der Waals surface area contributed by atoms with Gasteiger partial charge in [0, 0.05) is 30.2 Å². The Morgan fingerprint density at radius 3 is 2.38 bits per heavy atom. The fourth-order valence-electron chi connectivity index (χ4n) is 2.48. The number of fused-ring (bicyclic) bond motifs is 1. The van der Waals surface area contributed by atoms with Crippen LogP contribution in [0.2, 0.25) is 10.0 Å². The van der Waals surface area contributed by atoms with Crippen molar-refractivity contribution in [1.29, 1.82) is 0 Å². The van der Waals surface area contributed by atoms with Crippen LogP contribution >= 0.6 is 23.2 Å². The predicted molar refractivity (Wildman–Crippen MR) is 103 cm³/mol. The van der Waals surface area contributed by atoms with Crippen molar-refractivity contribution in [2.75, 3.05) is 13.1 Å². The summed E-state index contributed by atoms with van der Waals surface area (Å²) in [5.74, 6) is -0.500. The van der Waals surface area contributed by atoms with E-state index in [9.17, 15) is 9.59 Å². The van der Waals surface area contributed by atoms with Crippen molar-refractivity contribution in [3.8, 4) is 0 Å². The normalized spacial score (nSPS) is 10.5. The summed E-state index contributed by atoms with van der Waals surface area (Å²) in [5, 5.41) is 7.00. The molecule has 26 heavy (non-hydrogen) atoms. The number of hydrogen-bond donors (Lipinski definition) is 2. The molecule has 0 unspecified atom stereocenters. The maximum atomic E-state index is 12.4. The molecule has 0 bridgehead atoms. The number of halogens is 2. The highest BCUT2D eigenvalue weighted by Crippen LogP contribution is 2.22. The second-order valence-corrected chi connectivity index (χ2v) is 6.33. The molecule has 0 saturated carbocycles. The van der Waals surface area contributed by atoms with Crippen molar-refractivity contribution >= 4 is 45.9 Å². The van der Waals surface area contributed by atoms with E-state index in [1.54, 1.807) is 24.4 Å². The van der Waals surface area contributed by atoms with Gasteiger partial charge in [-0.05, 0) is 30.3 Å². The molecule has 3 aromatic rings. The summed E-state index contributed by atoms with van der Waals surface area (Å²) in [6.07, 6.45) is 1.60. The summed E-state index contributed by atoms with van der Waals surface area (Å²) >= 11 is 11.7. The molecular weight excluding hydrogens is 373 g/mol. The van der Waals surface area contributed by atoms with Gasteiger partial charge in [-0.15, -0.1) is 0 Å². The van der Waals surface area contributed by atoms with Gasteiger partial charge < -0.3 is 10.6 Å². The Balaban J connectivity index is 1.55. The zero-order chi connectivity index (χ0) is 18.5. The molecule has 0 aliphatic rings. The first-order chi connectivity index (χ1) is 12.6. The van der Waals surface area contributed by atoms with E-state index < -0.39 is 0 Å². The number of nitrogens with zero attached hydrogens (tertiary/aromatic N) is 1. The zero-order valence-electron chi connectivity index (χ0n) is 13.6. The van der Waals surface area contributed by atoms with Crippen LogP contribution in [0.5, 0.6) is 0 Å². The van der Waals surface area contributed by atoms with E-state index in [-0.39, 0.29) is 18.4 Å². The number of benzene rings is 2. The van der Waals surface area contributed by atoms with Crippen molar-refractivity contribution in [2.45, 2.75) is 0 Å². The monoisotopic (exact) mass is 387 g/mol. The van der Waals surface area contributed by atoms with Crippen LogP contribution in [0, 0.1) is 0 Å². The molecule has 0 radical (unpaired) electrons. The number of carbonyl (C=O) groups is 2. The molecular formula is C19H15Cl2N3O2. The Morgan fingerprint density at radius 1 is 0.885 bits per heavy atom. The Labute approximate surface area is 160 Å². The topological polar surface area (TPSA) is 71.1 Å². The molecule has 5 nitrogen and oxygen atoms in total. The number of rotatable bonds is 5. The molecule has 7 heteroatoms. The number of para-hydroxylation sites is 1. The molecule has 3 rings (SSSR count). The summed E-state index contributed by atoms with van der Waals surface area (Å²) in [4.78, 5) is 28.7. The van der Waals surface area contributed by atoms with Gasteiger partial charge in [-0.3, -0.25) is 14.6 Å². The highest BCUT2D eigenvalue weighted by atomic mass is 35.5.